The number of nitrogens with one attached hydrogen (secondary N) is 2. The summed E-state index contributed by atoms with van der Waals surface area (Å²) in [5.41, 5.74) is 4.31. The molecule has 6 nitrogen and oxygen atoms in total. The minimum atomic E-state index is -0.203. The largest absolute Gasteiger partial charge is 0.379 e. The Hall–Kier alpha value is -3.12. The lowest BCUT2D eigenvalue weighted by atomic mass is 10.1. The first-order chi connectivity index (χ1) is 13.0. The van der Waals surface area contributed by atoms with Gasteiger partial charge in [-0.25, -0.2) is 4.98 Å². The average molecular weight is 380 g/mol. The summed E-state index contributed by atoms with van der Waals surface area (Å²) in [7, 11) is 0. The second-order valence-electron chi connectivity index (χ2n) is 6.43. The Labute approximate surface area is 160 Å². The molecule has 2 aromatic heterocycles. The summed E-state index contributed by atoms with van der Waals surface area (Å²) in [6, 6.07) is 15.1. The smallest absolute Gasteiger partial charge is 0.274 e. The Morgan fingerprint density at radius 1 is 1.11 bits per heavy atom. The third-order valence-corrected chi connectivity index (χ3v) is 4.81. The number of halogens is 1. The summed E-state index contributed by atoms with van der Waals surface area (Å²) in [6.07, 6.45) is 0. The molecule has 0 saturated carbocycles. The molecular weight excluding hydrogens is 362 g/mol. The van der Waals surface area contributed by atoms with Gasteiger partial charge in [-0.3, -0.25) is 9.89 Å². The Morgan fingerprint density at radius 3 is 2.74 bits per heavy atom. The molecule has 2 aromatic carbocycles. The third kappa shape index (κ3) is 3.44. The summed E-state index contributed by atoms with van der Waals surface area (Å²) < 4.78 is 1.35. The minimum Gasteiger partial charge on any atom is -0.379 e. The Balaban J connectivity index is 1.65. The summed E-state index contributed by atoms with van der Waals surface area (Å²) >= 11 is 6.15. The van der Waals surface area contributed by atoms with Crippen molar-refractivity contribution in [3.8, 4) is 11.4 Å². The zero-order chi connectivity index (χ0) is 19.0. The van der Waals surface area contributed by atoms with Crippen molar-refractivity contribution in [1.29, 1.82) is 0 Å². The van der Waals surface area contributed by atoms with Crippen LogP contribution < -0.4 is 10.9 Å². The maximum Gasteiger partial charge on any atom is 0.274 e. The number of nitrogens with zero attached hydrogens (tertiary/aromatic N) is 3. The Kier molecular flexibility index (Phi) is 4.41. The van der Waals surface area contributed by atoms with E-state index < -0.39 is 0 Å². The molecule has 2 N–H and O–H groups in total. The van der Waals surface area contributed by atoms with E-state index in [1.807, 2.05) is 56.3 Å². The van der Waals surface area contributed by atoms with Crippen molar-refractivity contribution < 1.29 is 0 Å². The number of hydrogen-bond acceptors (Lipinski definition) is 4. The molecule has 0 aliphatic heterocycles. The molecule has 0 radical (unpaired) electrons. The van der Waals surface area contributed by atoms with Crippen molar-refractivity contribution >= 4 is 23.1 Å². The third-order valence-electron chi connectivity index (χ3n) is 4.40. The van der Waals surface area contributed by atoms with Crippen molar-refractivity contribution in [3.63, 3.8) is 0 Å². The number of hydrogen-bond donors (Lipinski definition) is 2. The van der Waals surface area contributed by atoms with E-state index in [1.165, 1.54) is 10.6 Å². The van der Waals surface area contributed by atoms with Gasteiger partial charge in [0.05, 0.1) is 12.2 Å². The van der Waals surface area contributed by atoms with E-state index >= 15 is 0 Å². The summed E-state index contributed by atoms with van der Waals surface area (Å²) in [6.45, 7) is 4.36. The first-order valence-corrected chi connectivity index (χ1v) is 8.94. The number of benzene rings is 2. The molecule has 0 aliphatic rings. The van der Waals surface area contributed by atoms with Gasteiger partial charge in [-0.15, -0.1) is 0 Å². The normalized spacial score (nSPS) is 11.1. The molecule has 0 saturated heterocycles. The number of rotatable bonds is 4. The lowest BCUT2D eigenvalue weighted by molar-refractivity contribution is 0.878. The van der Waals surface area contributed by atoms with E-state index in [4.69, 9.17) is 11.6 Å². The molecule has 0 atom stereocenters. The van der Waals surface area contributed by atoms with Gasteiger partial charge < -0.3 is 5.32 Å². The quantitative estimate of drug-likeness (QED) is 0.562. The highest BCUT2D eigenvalue weighted by atomic mass is 35.5. The topological polar surface area (TPSA) is 75.1 Å². The van der Waals surface area contributed by atoms with E-state index in [9.17, 15) is 4.79 Å². The van der Waals surface area contributed by atoms with Crippen LogP contribution in [0.5, 0.6) is 0 Å². The van der Waals surface area contributed by atoms with E-state index in [1.54, 1.807) is 0 Å². The van der Waals surface area contributed by atoms with Crippen LogP contribution in [0, 0.1) is 13.8 Å². The molecule has 0 bridgehead atoms. The van der Waals surface area contributed by atoms with Crippen molar-refractivity contribution in [3.05, 3.63) is 80.7 Å². The molecule has 0 fully saturated rings. The standard InChI is InChI=1S/C20H18ClN5O/c1-12-5-3-6-14(9-12)19-24-20-23-15(10-18(27)26(20)25-19)11-22-17-8-4-7-16(21)13(17)2/h3-10,22H,11H2,1-2H3,(H,23,24,25). The monoisotopic (exact) mass is 379 g/mol. The van der Waals surface area contributed by atoms with Gasteiger partial charge in [0.2, 0.25) is 0 Å². The fraction of sp³-hybridized carbons (Fsp3) is 0.150. The number of H-pyrrole nitrogens is 1. The number of aryl methyl sites for hydroxylation is 1. The van der Waals surface area contributed by atoms with Gasteiger partial charge >= 0.3 is 0 Å². The maximum atomic E-state index is 12.4. The van der Waals surface area contributed by atoms with Gasteiger partial charge in [-0.05, 0) is 37.6 Å². The Bertz CT molecular complexity index is 1190. The highest BCUT2D eigenvalue weighted by Crippen LogP contribution is 2.23. The fourth-order valence-corrected chi connectivity index (χ4v) is 3.10. The van der Waals surface area contributed by atoms with Gasteiger partial charge in [-0.1, -0.05) is 41.4 Å². The van der Waals surface area contributed by atoms with Crippen LogP contribution in [0.15, 0.2) is 53.3 Å². The zero-order valence-corrected chi connectivity index (χ0v) is 15.7. The van der Waals surface area contributed by atoms with Gasteiger partial charge in [0.25, 0.3) is 11.3 Å². The molecule has 0 spiro atoms. The molecule has 7 heteroatoms. The average Bonchev–Trinajstić information content (AvgIpc) is 3.08. The highest BCUT2D eigenvalue weighted by molar-refractivity contribution is 6.31. The predicted octanol–water partition coefficient (Wildman–Crippen LogP) is 3.97. The van der Waals surface area contributed by atoms with Crippen LogP contribution in [-0.4, -0.2) is 19.6 Å². The van der Waals surface area contributed by atoms with Crippen LogP contribution in [0.4, 0.5) is 5.69 Å². The van der Waals surface area contributed by atoms with Crippen LogP contribution >= 0.6 is 11.6 Å². The molecule has 0 amide bonds. The molecule has 27 heavy (non-hydrogen) atoms. The fourth-order valence-electron chi connectivity index (χ4n) is 2.92. The maximum absolute atomic E-state index is 12.4. The molecule has 4 aromatic rings. The molecule has 4 rings (SSSR count). The number of fused-ring (bicyclic) bond motifs is 1. The second-order valence-corrected chi connectivity index (χ2v) is 6.84. The van der Waals surface area contributed by atoms with Crippen LogP contribution in [0.1, 0.15) is 16.8 Å². The lowest BCUT2D eigenvalue weighted by Gasteiger charge is -2.10. The Morgan fingerprint density at radius 2 is 1.93 bits per heavy atom. The lowest BCUT2D eigenvalue weighted by Crippen LogP contribution is -2.17. The predicted molar refractivity (Wildman–Crippen MR) is 107 cm³/mol. The first kappa shape index (κ1) is 17.3. The molecule has 0 unspecified atom stereocenters. The van der Waals surface area contributed by atoms with Gasteiger partial charge in [0.15, 0.2) is 5.82 Å². The summed E-state index contributed by atoms with van der Waals surface area (Å²) in [5.74, 6) is 0.956. The van der Waals surface area contributed by atoms with E-state index in [0.717, 1.165) is 22.4 Å². The van der Waals surface area contributed by atoms with Gasteiger partial charge in [-0.2, -0.15) is 9.50 Å². The van der Waals surface area contributed by atoms with Crippen molar-refractivity contribution in [2.24, 2.45) is 0 Å². The zero-order valence-electron chi connectivity index (χ0n) is 15.0. The van der Waals surface area contributed by atoms with Crippen LogP contribution in [-0.2, 0) is 6.54 Å². The van der Waals surface area contributed by atoms with Crippen LogP contribution in [0.3, 0.4) is 0 Å². The van der Waals surface area contributed by atoms with Crippen molar-refractivity contribution in [1.82, 2.24) is 19.6 Å². The summed E-state index contributed by atoms with van der Waals surface area (Å²) in [5, 5.41) is 6.99. The number of aromatic nitrogens is 4. The molecular formula is C20H18ClN5O. The summed E-state index contributed by atoms with van der Waals surface area (Å²) in [4.78, 5) is 21.4. The minimum absolute atomic E-state index is 0.203. The van der Waals surface area contributed by atoms with Gasteiger partial charge in [0, 0.05) is 22.3 Å². The van der Waals surface area contributed by atoms with E-state index in [-0.39, 0.29) is 5.56 Å². The van der Waals surface area contributed by atoms with E-state index in [2.05, 4.69) is 20.4 Å². The number of aromatic amines is 1. The molecule has 2 heterocycles. The van der Waals surface area contributed by atoms with Crippen LogP contribution in [0.25, 0.3) is 17.2 Å². The van der Waals surface area contributed by atoms with Crippen LogP contribution in [0.2, 0.25) is 5.02 Å². The highest BCUT2D eigenvalue weighted by Gasteiger charge is 2.10. The number of anilines is 1. The van der Waals surface area contributed by atoms with Crippen molar-refractivity contribution in [2.45, 2.75) is 20.4 Å². The van der Waals surface area contributed by atoms with Crippen molar-refractivity contribution in [2.75, 3.05) is 5.32 Å². The van der Waals surface area contributed by atoms with Gasteiger partial charge in [0.1, 0.15) is 0 Å². The SMILES string of the molecule is Cc1cccc(-c2nc3nc(CNc4cccc(Cl)c4C)cc(=O)n3[nH]2)c1. The molecule has 136 valence electrons. The second kappa shape index (κ2) is 6.89. The van der Waals surface area contributed by atoms with E-state index in [0.29, 0.717) is 28.9 Å². The first-order valence-electron chi connectivity index (χ1n) is 8.56. The molecule has 0 aliphatic carbocycles.